The van der Waals surface area contributed by atoms with E-state index in [4.69, 9.17) is 0 Å². The summed E-state index contributed by atoms with van der Waals surface area (Å²) in [6.45, 7) is 17.3. The molecular weight excluding hydrogens is 264 g/mol. The van der Waals surface area contributed by atoms with Crippen molar-refractivity contribution in [3.05, 3.63) is 35.5 Å². The molecule has 0 nitrogen and oxygen atoms in total. The first kappa shape index (κ1) is 21.2. The van der Waals surface area contributed by atoms with E-state index in [-0.39, 0.29) is 0 Å². The summed E-state index contributed by atoms with van der Waals surface area (Å²) in [6, 6.07) is 0. The lowest BCUT2D eigenvalue weighted by Crippen LogP contribution is -1.93. The zero-order valence-corrected chi connectivity index (χ0v) is 15.9. The van der Waals surface area contributed by atoms with Gasteiger partial charge in [0.15, 0.2) is 0 Å². The van der Waals surface area contributed by atoms with Gasteiger partial charge in [0.05, 0.1) is 0 Å². The number of allylic oxidation sites excluding steroid dienone is 4. The molecule has 0 aromatic carbocycles. The van der Waals surface area contributed by atoms with Gasteiger partial charge in [-0.05, 0) is 77.6 Å². The van der Waals surface area contributed by atoms with Crippen LogP contribution in [0.15, 0.2) is 35.5 Å². The Labute approximate surface area is 140 Å². The van der Waals surface area contributed by atoms with Crippen molar-refractivity contribution in [3.63, 3.8) is 0 Å². The van der Waals surface area contributed by atoms with Gasteiger partial charge >= 0.3 is 0 Å². The number of rotatable bonds is 14. The largest absolute Gasteiger partial charge is 0.0999 e. The molecule has 0 aliphatic heterocycles. The zero-order chi connectivity index (χ0) is 16.8. The van der Waals surface area contributed by atoms with Crippen LogP contribution in [0.4, 0.5) is 0 Å². The summed E-state index contributed by atoms with van der Waals surface area (Å²) < 4.78 is 0. The van der Waals surface area contributed by atoms with Crippen molar-refractivity contribution in [2.75, 3.05) is 0 Å². The van der Waals surface area contributed by atoms with E-state index in [2.05, 4.69) is 40.9 Å². The lowest BCUT2D eigenvalue weighted by Gasteiger charge is -2.13. The average Bonchev–Trinajstić information content (AvgIpc) is 2.53. The van der Waals surface area contributed by atoms with Crippen LogP contribution in [-0.2, 0) is 0 Å². The maximum atomic E-state index is 4.14. The molecule has 0 rings (SSSR count). The fraction of sp³-hybridized carbons (Fsp3) is 0.727. The Balaban J connectivity index is 4.33. The Kier molecular flexibility index (Phi) is 13.4. The predicted octanol–water partition coefficient (Wildman–Crippen LogP) is 8.16. The number of unbranched alkanes of at least 4 members (excludes halogenated alkanes) is 2. The van der Waals surface area contributed by atoms with Crippen LogP contribution in [0.25, 0.3) is 0 Å². The van der Waals surface area contributed by atoms with Crippen LogP contribution in [0.5, 0.6) is 0 Å². The Morgan fingerprint density at radius 2 is 1.14 bits per heavy atom. The van der Waals surface area contributed by atoms with Crippen LogP contribution in [-0.4, -0.2) is 0 Å². The second-order valence-corrected chi connectivity index (χ2v) is 6.76. The van der Waals surface area contributed by atoms with E-state index in [1.807, 2.05) is 0 Å². The summed E-state index contributed by atoms with van der Waals surface area (Å²) in [7, 11) is 0. The summed E-state index contributed by atoms with van der Waals surface area (Å²) in [5.74, 6) is 0. The van der Waals surface area contributed by atoms with Crippen molar-refractivity contribution >= 4 is 0 Å². The molecule has 0 bridgehead atoms. The quantitative estimate of drug-likeness (QED) is 0.224. The van der Waals surface area contributed by atoms with Crippen LogP contribution < -0.4 is 0 Å². The Morgan fingerprint density at radius 1 is 0.636 bits per heavy atom. The summed E-state index contributed by atoms with van der Waals surface area (Å²) in [6.07, 6.45) is 15.1. The van der Waals surface area contributed by atoms with Crippen LogP contribution >= 0.6 is 0 Å². The lowest BCUT2D eigenvalue weighted by atomic mass is 9.93. The first-order chi connectivity index (χ1) is 10.5. The summed E-state index contributed by atoms with van der Waals surface area (Å²) in [5, 5.41) is 0. The Bertz CT molecular complexity index is 343. The van der Waals surface area contributed by atoms with E-state index >= 15 is 0 Å². The molecular formula is C22H40. The minimum Gasteiger partial charge on any atom is -0.0999 e. The van der Waals surface area contributed by atoms with E-state index in [1.165, 1.54) is 75.4 Å². The molecule has 0 amide bonds. The highest BCUT2D eigenvalue weighted by Gasteiger charge is 2.05. The van der Waals surface area contributed by atoms with E-state index in [9.17, 15) is 0 Å². The predicted molar refractivity (Wildman–Crippen MR) is 103 cm³/mol. The second-order valence-electron chi connectivity index (χ2n) is 6.76. The number of hydrogen-bond acceptors (Lipinski definition) is 0. The highest BCUT2D eigenvalue weighted by atomic mass is 14.1. The molecule has 0 heteroatoms. The highest BCUT2D eigenvalue weighted by Crippen LogP contribution is 2.24. The maximum Gasteiger partial charge on any atom is -0.0315 e. The van der Waals surface area contributed by atoms with Gasteiger partial charge in [0.25, 0.3) is 0 Å². The first-order valence-electron chi connectivity index (χ1n) is 9.55. The first-order valence-corrected chi connectivity index (χ1v) is 9.55. The second kappa shape index (κ2) is 13.9. The SMILES string of the molecule is C=C(CC)CCCCC(CCCC(=C)CC)=C(C)CCCC. The molecule has 0 aromatic rings. The van der Waals surface area contributed by atoms with E-state index in [1.54, 1.807) is 11.1 Å². The summed E-state index contributed by atoms with van der Waals surface area (Å²) in [5.41, 5.74) is 6.22. The Hall–Kier alpha value is -0.780. The van der Waals surface area contributed by atoms with Gasteiger partial charge in [0.1, 0.15) is 0 Å². The van der Waals surface area contributed by atoms with E-state index in [0.29, 0.717) is 0 Å². The summed E-state index contributed by atoms with van der Waals surface area (Å²) >= 11 is 0. The monoisotopic (exact) mass is 304 g/mol. The van der Waals surface area contributed by atoms with Gasteiger partial charge in [-0.3, -0.25) is 0 Å². The van der Waals surface area contributed by atoms with Gasteiger partial charge in [-0.1, -0.05) is 62.6 Å². The van der Waals surface area contributed by atoms with E-state index in [0.717, 1.165) is 12.8 Å². The Morgan fingerprint density at radius 3 is 1.68 bits per heavy atom. The zero-order valence-electron chi connectivity index (χ0n) is 15.9. The topological polar surface area (TPSA) is 0 Å². The molecule has 0 saturated carbocycles. The van der Waals surface area contributed by atoms with Crippen molar-refractivity contribution in [2.45, 2.75) is 105 Å². The molecule has 0 heterocycles. The third-order valence-electron chi connectivity index (χ3n) is 4.78. The molecule has 0 saturated heterocycles. The minimum atomic E-state index is 1.13. The minimum absolute atomic E-state index is 1.13. The molecule has 0 N–H and O–H groups in total. The van der Waals surface area contributed by atoms with Gasteiger partial charge in [-0.25, -0.2) is 0 Å². The van der Waals surface area contributed by atoms with Crippen molar-refractivity contribution < 1.29 is 0 Å². The number of hydrogen-bond donors (Lipinski definition) is 0. The van der Waals surface area contributed by atoms with Gasteiger partial charge in [-0.15, -0.1) is 0 Å². The third kappa shape index (κ3) is 10.9. The van der Waals surface area contributed by atoms with E-state index < -0.39 is 0 Å². The molecule has 0 radical (unpaired) electrons. The fourth-order valence-electron chi connectivity index (χ4n) is 2.79. The molecule has 22 heavy (non-hydrogen) atoms. The molecule has 128 valence electrons. The maximum absolute atomic E-state index is 4.14. The van der Waals surface area contributed by atoms with Crippen molar-refractivity contribution in [1.82, 2.24) is 0 Å². The third-order valence-corrected chi connectivity index (χ3v) is 4.78. The molecule has 0 atom stereocenters. The van der Waals surface area contributed by atoms with Gasteiger partial charge in [0, 0.05) is 0 Å². The average molecular weight is 305 g/mol. The molecule has 0 aliphatic rings. The summed E-state index contributed by atoms with van der Waals surface area (Å²) in [4.78, 5) is 0. The van der Waals surface area contributed by atoms with Crippen LogP contribution in [0.3, 0.4) is 0 Å². The molecule has 0 spiro atoms. The molecule has 0 fully saturated rings. The van der Waals surface area contributed by atoms with Gasteiger partial charge in [-0.2, -0.15) is 0 Å². The van der Waals surface area contributed by atoms with Crippen LogP contribution in [0.1, 0.15) is 105 Å². The smallest absolute Gasteiger partial charge is 0.0315 e. The van der Waals surface area contributed by atoms with Gasteiger partial charge < -0.3 is 0 Å². The fourth-order valence-corrected chi connectivity index (χ4v) is 2.79. The van der Waals surface area contributed by atoms with Crippen molar-refractivity contribution in [1.29, 1.82) is 0 Å². The van der Waals surface area contributed by atoms with Crippen molar-refractivity contribution in [2.24, 2.45) is 0 Å². The molecule has 0 aromatic heterocycles. The normalized spacial score (nSPS) is 12.2. The van der Waals surface area contributed by atoms with Crippen molar-refractivity contribution in [3.8, 4) is 0 Å². The van der Waals surface area contributed by atoms with Crippen LogP contribution in [0, 0.1) is 0 Å². The molecule has 0 unspecified atom stereocenters. The van der Waals surface area contributed by atoms with Crippen LogP contribution in [0.2, 0.25) is 0 Å². The highest BCUT2D eigenvalue weighted by molar-refractivity contribution is 5.13. The standard InChI is InChI=1S/C22H40/c1-7-10-16-21(6)22(18-13-15-20(5)9-3)17-12-11-14-19(4)8-2/h4-5,7-18H2,1-3,6H3. The molecule has 0 aliphatic carbocycles. The van der Waals surface area contributed by atoms with Gasteiger partial charge in [0.2, 0.25) is 0 Å². The lowest BCUT2D eigenvalue weighted by molar-refractivity contribution is 0.664.